The number of aromatic nitrogens is 3. The van der Waals surface area contributed by atoms with Crippen molar-refractivity contribution in [3.05, 3.63) is 45.1 Å². The van der Waals surface area contributed by atoms with Crippen molar-refractivity contribution in [2.45, 2.75) is 6.18 Å². The molecule has 0 radical (unpaired) electrons. The monoisotopic (exact) mass is 302 g/mol. The highest BCUT2D eigenvalue weighted by Gasteiger charge is 2.38. The number of hydrogen-bond donors (Lipinski definition) is 0. The molecule has 0 N–H and O–H groups in total. The Morgan fingerprint density at radius 2 is 2.05 bits per heavy atom. The highest BCUT2D eigenvalue weighted by atomic mass is 35.5. The van der Waals surface area contributed by atoms with Crippen LogP contribution in [0.2, 0.25) is 5.02 Å². The molecule has 5 nitrogen and oxygen atoms in total. The topological polar surface area (TPSA) is 63.6 Å². The summed E-state index contributed by atoms with van der Waals surface area (Å²) in [7, 11) is 0.964. The first-order chi connectivity index (χ1) is 9.25. The lowest BCUT2D eigenvalue weighted by molar-refractivity contribution is -0.147. The van der Waals surface area contributed by atoms with Gasteiger partial charge in [-0.1, -0.05) is 11.6 Å². The van der Waals surface area contributed by atoms with Crippen LogP contribution in [0.3, 0.4) is 0 Å². The van der Waals surface area contributed by atoms with Crippen LogP contribution in [-0.2, 0) is 13.2 Å². The fourth-order valence-electron chi connectivity index (χ4n) is 1.59. The molecule has 0 bridgehead atoms. The SMILES string of the molecule is Cn1c(C(F)(F)F)nn(-c2ccc(C#N)cc2Cl)c1=O. The highest BCUT2D eigenvalue weighted by molar-refractivity contribution is 6.32. The van der Waals surface area contributed by atoms with Crippen molar-refractivity contribution >= 4 is 11.6 Å². The van der Waals surface area contributed by atoms with Crippen molar-refractivity contribution < 1.29 is 13.2 Å². The standard InChI is InChI=1S/C11H6ClF3N4O/c1-18-9(11(13,14)15)17-19(10(18)20)8-3-2-6(5-16)4-7(8)12/h2-4H,1H3. The van der Waals surface area contributed by atoms with E-state index in [-0.39, 0.29) is 16.3 Å². The van der Waals surface area contributed by atoms with E-state index in [2.05, 4.69) is 5.10 Å². The molecule has 0 unspecified atom stereocenters. The summed E-state index contributed by atoms with van der Waals surface area (Å²) in [5.41, 5.74) is -0.788. The Kier molecular flexibility index (Phi) is 3.31. The van der Waals surface area contributed by atoms with Gasteiger partial charge in [0, 0.05) is 7.05 Å². The van der Waals surface area contributed by atoms with Gasteiger partial charge in [-0.15, -0.1) is 5.10 Å². The van der Waals surface area contributed by atoms with Crippen LogP contribution in [0.15, 0.2) is 23.0 Å². The van der Waals surface area contributed by atoms with Gasteiger partial charge in [-0.05, 0) is 18.2 Å². The van der Waals surface area contributed by atoms with E-state index in [1.807, 2.05) is 6.07 Å². The lowest BCUT2D eigenvalue weighted by Crippen LogP contribution is -2.23. The van der Waals surface area contributed by atoms with E-state index in [9.17, 15) is 18.0 Å². The van der Waals surface area contributed by atoms with Gasteiger partial charge < -0.3 is 0 Å². The molecule has 9 heteroatoms. The number of nitrogens with zero attached hydrogens (tertiary/aromatic N) is 4. The van der Waals surface area contributed by atoms with Crippen molar-refractivity contribution in [2.24, 2.45) is 7.05 Å². The fourth-order valence-corrected chi connectivity index (χ4v) is 1.85. The number of benzene rings is 1. The third kappa shape index (κ3) is 2.28. The second-order valence-corrected chi connectivity index (χ2v) is 4.26. The molecule has 0 amide bonds. The Morgan fingerprint density at radius 3 is 2.50 bits per heavy atom. The van der Waals surface area contributed by atoms with Crippen LogP contribution < -0.4 is 5.69 Å². The van der Waals surface area contributed by atoms with Crippen LogP contribution in [0, 0.1) is 11.3 Å². The summed E-state index contributed by atoms with van der Waals surface area (Å²) in [6, 6.07) is 5.65. The molecule has 2 aromatic rings. The molecule has 0 saturated heterocycles. The van der Waals surface area contributed by atoms with E-state index in [1.165, 1.54) is 18.2 Å². The zero-order chi connectivity index (χ0) is 15.1. The lowest BCUT2D eigenvalue weighted by atomic mass is 10.2. The Bertz CT molecular complexity index is 769. The van der Waals surface area contributed by atoms with Gasteiger partial charge in [0.2, 0.25) is 5.82 Å². The van der Waals surface area contributed by atoms with Gasteiger partial charge >= 0.3 is 11.9 Å². The van der Waals surface area contributed by atoms with Crippen LogP contribution in [0.1, 0.15) is 11.4 Å². The van der Waals surface area contributed by atoms with Crippen LogP contribution in [0.25, 0.3) is 5.69 Å². The largest absolute Gasteiger partial charge is 0.451 e. The second-order valence-electron chi connectivity index (χ2n) is 3.85. The average Bonchev–Trinajstić information content (AvgIpc) is 2.66. The summed E-state index contributed by atoms with van der Waals surface area (Å²) in [5.74, 6) is -1.33. The normalized spacial score (nSPS) is 11.4. The zero-order valence-electron chi connectivity index (χ0n) is 9.94. The maximum absolute atomic E-state index is 12.7. The van der Waals surface area contributed by atoms with E-state index in [4.69, 9.17) is 16.9 Å². The predicted molar refractivity (Wildman–Crippen MR) is 63.5 cm³/mol. The number of hydrogen-bond acceptors (Lipinski definition) is 3. The molecule has 2 rings (SSSR count). The summed E-state index contributed by atoms with van der Waals surface area (Å²) in [6.45, 7) is 0. The number of alkyl halides is 3. The third-order valence-corrected chi connectivity index (χ3v) is 2.84. The van der Waals surface area contributed by atoms with E-state index in [1.54, 1.807) is 0 Å². The van der Waals surface area contributed by atoms with Gasteiger partial charge in [0.1, 0.15) is 0 Å². The molecule has 0 aliphatic carbocycles. The lowest BCUT2D eigenvalue weighted by Gasteiger charge is -2.03. The molecular formula is C11H6ClF3N4O. The third-order valence-electron chi connectivity index (χ3n) is 2.54. The summed E-state index contributed by atoms with van der Waals surface area (Å²) < 4.78 is 38.9. The quantitative estimate of drug-likeness (QED) is 0.810. The highest BCUT2D eigenvalue weighted by Crippen LogP contribution is 2.27. The van der Waals surface area contributed by atoms with Gasteiger partial charge in [-0.25, -0.2) is 4.79 Å². The molecule has 104 valence electrons. The Hall–Kier alpha value is -2.27. The minimum Gasteiger partial charge on any atom is -0.274 e. The van der Waals surface area contributed by atoms with E-state index in [0.29, 0.717) is 9.25 Å². The predicted octanol–water partition coefficient (Wildman–Crippen LogP) is 2.11. The van der Waals surface area contributed by atoms with Crippen molar-refractivity contribution in [1.29, 1.82) is 5.26 Å². The smallest absolute Gasteiger partial charge is 0.274 e. The van der Waals surface area contributed by atoms with Gasteiger partial charge in [-0.3, -0.25) is 4.57 Å². The summed E-state index contributed by atoms with van der Waals surface area (Å²) in [4.78, 5) is 11.8. The van der Waals surface area contributed by atoms with Crippen molar-refractivity contribution in [2.75, 3.05) is 0 Å². The van der Waals surface area contributed by atoms with Crippen LogP contribution in [-0.4, -0.2) is 14.3 Å². The summed E-state index contributed by atoms with van der Waals surface area (Å²) in [6.07, 6.45) is -4.75. The second kappa shape index (κ2) is 4.68. The number of rotatable bonds is 1. The summed E-state index contributed by atoms with van der Waals surface area (Å²) in [5, 5.41) is 11.9. The van der Waals surface area contributed by atoms with Gasteiger partial charge in [0.25, 0.3) is 0 Å². The van der Waals surface area contributed by atoms with Crippen molar-refractivity contribution in [1.82, 2.24) is 14.3 Å². The fraction of sp³-hybridized carbons (Fsp3) is 0.182. The first-order valence-electron chi connectivity index (χ1n) is 5.19. The molecule has 0 fully saturated rings. The van der Waals surface area contributed by atoms with Gasteiger partial charge in [0.05, 0.1) is 22.3 Å². The molecule has 0 aliphatic heterocycles. The molecule has 1 heterocycles. The summed E-state index contributed by atoms with van der Waals surface area (Å²) >= 11 is 5.85. The van der Waals surface area contributed by atoms with Crippen molar-refractivity contribution in [3.63, 3.8) is 0 Å². The van der Waals surface area contributed by atoms with Crippen molar-refractivity contribution in [3.8, 4) is 11.8 Å². The van der Waals surface area contributed by atoms with Gasteiger partial charge in [-0.2, -0.15) is 23.1 Å². The molecular weight excluding hydrogens is 297 g/mol. The van der Waals surface area contributed by atoms with E-state index >= 15 is 0 Å². The molecule has 1 aromatic heterocycles. The van der Waals surface area contributed by atoms with Crippen LogP contribution in [0.4, 0.5) is 13.2 Å². The first kappa shape index (κ1) is 14.1. The molecule has 0 aliphatic rings. The van der Waals surface area contributed by atoms with Crippen LogP contribution in [0.5, 0.6) is 0 Å². The maximum Gasteiger partial charge on any atom is 0.451 e. The molecule has 1 aromatic carbocycles. The Morgan fingerprint density at radius 1 is 1.40 bits per heavy atom. The minimum absolute atomic E-state index is 0.0261. The Labute approximate surface area is 115 Å². The first-order valence-corrected chi connectivity index (χ1v) is 5.56. The van der Waals surface area contributed by atoms with Gasteiger partial charge in [0.15, 0.2) is 0 Å². The molecule has 20 heavy (non-hydrogen) atoms. The average molecular weight is 303 g/mol. The molecule has 0 atom stereocenters. The molecule has 0 saturated carbocycles. The zero-order valence-corrected chi connectivity index (χ0v) is 10.7. The minimum atomic E-state index is -4.75. The number of halogens is 4. The maximum atomic E-state index is 12.7. The number of nitriles is 1. The van der Waals surface area contributed by atoms with Crippen LogP contribution >= 0.6 is 11.6 Å². The molecule has 0 spiro atoms. The van der Waals surface area contributed by atoms with E-state index < -0.39 is 17.7 Å². The van der Waals surface area contributed by atoms with E-state index in [0.717, 1.165) is 7.05 Å². The Balaban J connectivity index is 2.67.